The fraction of sp³-hybridized carbons (Fsp3) is 0.292. The highest BCUT2D eigenvalue weighted by atomic mass is 79.9. The fourth-order valence-electron chi connectivity index (χ4n) is 3.04. The van der Waals surface area contributed by atoms with Crippen LogP contribution in [0.1, 0.15) is 35.7 Å². The number of anilines is 1. The second-order valence-corrected chi connectivity index (χ2v) is 7.45. The van der Waals surface area contributed by atoms with Gasteiger partial charge in [0, 0.05) is 17.6 Å². The van der Waals surface area contributed by atoms with Crippen LogP contribution in [0.3, 0.4) is 0 Å². The first-order valence-corrected chi connectivity index (χ1v) is 10.5. The highest BCUT2D eigenvalue weighted by Gasteiger charge is 2.25. The molecule has 0 fully saturated rings. The summed E-state index contributed by atoms with van der Waals surface area (Å²) in [4.78, 5) is 15.2. The van der Waals surface area contributed by atoms with Crippen LogP contribution in [0.4, 0.5) is 5.69 Å². The molecule has 0 aromatic heterocycles. The van der Waals surface area contributed by atoms with Gasteiger partial charge in [0.05, 0.1) is 12.3 Å². The molecule has 2 aromatic rings. The smallest absolute Gasteiger partial charge is 0.347 e. The third kappa shape index (κ3) is 5.97. The third-order valence-electron chi connectivity index (χ3n) is 4.39. The molecular formula is C24H28BrNO3. The molecule has 0 bridgehead atoms. The minimum atomic E-state index is -0.439. The Bertz CT molecular complexity index is 839. The quantitative estimate of drug-likeness (QED) is 0.171. The molecule has 2 rings (SSSR count). The Kier molecular flexibility index (Phi) is 9.00. The predicted molar refractivity (Wildman–Crippen MR) is 123 cm³/mol. The molecule has 0 unspecified atom stereocenters. The van der Waals surface area contributed by atoms with Crippen molar-refractivity contribution in [2.75, 3.05) is 24.6 Å². The zero-order valence-electron chi connectivity index (χ0n) is 17.1. The van der Waals surface area contributed by atoms with Crippen LogP contribution in [0.15, 0.2) is 66.2 Å². The number of nitrogens with zero attached hydrogens (tertiary/aromatic N) is 1. The van der Waals surface area contributed by atoms with E-state index >= 15 is 0 Å². The molecular weight excluding hydrogens is 430 g/mol. The molecule has 5 heteroatoms. The maximum absolute atomic E-state index is 13.1. The Morgan fingerprint density at radius 2 is 1.83 bits per heavy atom. The largest absolute Gasteiger partial charge is 0.493 e. The zero-order chi connectivity index (χ0) is 21.2. The van der Waals surface area contributed by atoms with Crippen LogP contribution in [0.2, 0.25) is 0 Å². The number of hydrogen-bond donors (Lipinski definition) is 0. The van der Waals surface area contributed by atoms with E-state index in [0.29, 0.717) is 36.8 Å². The van der Waals surface area contributed by atoms with Gasteiger partial charge in [-0.3, -0.25) is 0 Å². The van der Waals surface area contributed by atoms with E-state index in [1.807, 2.05) is 43.3 Å². The first kappa shape index (κ1) is 22.8. The third-order valence-corrected chi connectivity index (χ3v) is 4.99. The van der Waals surface area contributed by atoms with E-state index in [9.17, 15) is 4.79 Å². The van der Waals surface area contributed by atoms with Crippen molar-refractivity contribution in [2.45, 2.75) is 26.7 Å². The van der Waals surface area contributed by atoms with Gasteiger partial charge in [-0.25, -0.2) is 4.79 Å². The summed E-state index contributed by atoms with van der Waals surface area (Å²) >= 11 is 3.66. The number of halogens is 1. The number of unbranched alkanes of at least 4 members (excludes halogenated alkanes) is 1. The molecule has 0 aliphatic carbocycles. The highest BCUT2D eigenvalue weighted by molar-refractivity contribution is 9.10. The summed E-state index contributed by atoms with van der Waals surface area (Å²) in [5, 5.41) is 0. The SMILES string of the molecule is C=CCN(CC=C)c1c(Br)cc(OCCCC)c(C(=O)Oc2ccccc2)c1C. The van der Waals surface area contributed by atoms with Gasteiger partial charge in [0.25, 0.3) is 0 Å². The number of carbonyl (C=O) groups excluding carboxylic acids is 1. The minimum absolute atomic E-state index is 0.432. The van der Waals surface area contributed by atoms with Crippen LogP contribution >= 0.6 is 15.9 Å². The van der Waals surface area contributed by atoms with Crippen molar-refractivity contribution in [3.05, 3.63) is 77.3 Å². The molecule has 2 aromatic carbocycles. The van der Waals surface area contributed by atoms with Crippen molar-refractivity contribution >= 4 is 27.6 Å². The summed E-state index contributed by atoms with van der Waals surface area (Å²) in [6, 6.07) is 10.9. The average Bonchev–Trinajstić information content (AvgIpc) is 2.69. The Morgan fingerprint density at radius 1 is 1.17 bits per heavy atom. The van der Waals surface area contributed by atoms with Gasteiger partial charge in [-0.2, -0.15) is 0 Å². The molecule has 0 atom stereocenters. The second-order valence-electron chi connectivity index (χ2n) is 6.59. The number of benzene rings is 2. The summed E-state index contributed by atoms with van der Waals surface area (Å²) < 4.78 is 12.4. The minimum Gasteiger partial charge on any atom is -0.493 e. The lowest BCUT2D eigenvalue weighted by Crippen LogP contribution is -2.26. The summed E-state index contributed by atoms with van der Waals surface area (Å²) in [6.07, 6.45) is 5.56. The van der Waals surface area contributed by atoms with Gasteiger partial charge < -0.3 is 14.4 Å². The van der Waals surface area contributed by atoms with E-state index in [-0.39, 0.29) is 0 Å². The molecule has 0 saturated heterocycles. The molecule has 0 N–H and O–H groups in total. The number of esters is 1. The standard InChI is InChI=1S/C24H28BrNO3/c1-5-8-16-28-21-17-20(25)23(26(14-6-2)15-7-3)18(4)22(21)24(27)29-19-12-10-9-11-13-19/h6-7,9-13,17H,2-3,5,8,14-16H2,1,4H3. The van der Waals surface area contributed by atoms with E-state index in [2.05, 4.69) is 40.9 Å². The molecule has 0 spiro atoms. The lowest BCUT2D eigenvalue weighted by atomic mass is 10.0. The summed E-state index contributed by atoms with van der Waals surface area (Å²) in [5.74, 6) is 0.575. The van der Waals surface area contributed by atoms with Gasteiger partial charge in [-0.1, -0.05) is 43.7 Å². The van der Waals surface area contributed by atoms with Crippen LogP contribution in [-0.2, 0) is 0 Å². The number of ether oxygens (including phenoxy) is 2. The van der Waals surface area contributed by atoms with E-state index in [1.165, 1.54) is 0 Å². The topological polar surface area (TPSA) is 38.8 Å². The molecule has 0 amide bonds. The molecule has 0 radical (unpaired) electrons. The number of hydrogen-bond acceptors (Lipinski definition) is 4. The normalized spacial score (nSPS) is 10.3. The number of rotatable bonds is 11. The van der Waals surface area contributed by atoms with Crippen molar-refractivity contribution < 1.29 is 14.3 Å². The van der Waals surface area contributed by atoms with Crippen LogP contribution in [0, 0.1) is 6.92 Å². The zero-order valence-corrected chi connectivity index (χ0v) is 18.7. The Labute approximate surface area is 182 Å². The lowest BCUT2D eigenvalue weighted by Gasteiger charge is -2.27. The molecule has 0 aliphatic rings. The Morgan fingerprint density at radius 3 is 2.41 bits per heavy atom. The molecule has 29 heavy (non-hydrogen) atoms. The van der Waals surface area contributed by atoms with E-state index in [0.717, 1.165) is 28.6 Å². The van der Waals surface area contributed by atoms with Crippen molar-refractivity contribution in [3.8, 4) is 11.5 Å². The van der Waals surface area contributed by atoms with Crippen LogP contribution in [-0.4, -0.2) is 25.7 Å². The lowest BCUT2D eigenvalue weighted by molar-refractivity contribution is 0.0729. The van der Waals surface area contributed by atoms with E-state index < -0.39 is 5.97 Å². The molecule has 154 valence electrons. The van der Waals surface area contributed by atoms with Crippen molar-refractivity contribution in [2.24, 2.45) is 0 Å². The highest BCUT2D eigenvalue weighted by Crippen LogP contribution is 2.39. The average molecular weight is 458 g/mol. The van der Waals surface area contributed by atoms with Gasteiger partial charge in [0.1, 0.15) is 17.1 Å². The summed E-state index contributed by atoms with van der Waals surface area (Å²) in [6.45, 7) is 13.5. The van der Waals surface area contributed by atoms with E-state index in [1.54, 1.807) is 12.1 Å². The maximum atomic E-state index is 13.1. The Hall–Kier alpha value is -2.53. The number of carbonyl (C=O) groups is 1. The molecule has 0 saturated carbocycles. The monoisotopic (exact) mass is 457 g/mol. The van der Waals surface area contributed by atoms with Crippen LogP contribution in [0.5, 0.6) is 11.5 Å². The second kappa shape index (κ2) is 11.5. The van der Waals surface area contributed by atoms with Gasteiger partial charge in [0.2, 0.25) is 0 Å². The van der Waals surface area contributed by atoms with E-state index in [4.69, 9.17) is 9.47 Å². The summed E-state index contributed by atoms with van der Waals surface area (Å²) in [7, 11) is 0. The maximum Gasteiger partial charge on any atom is 0.347 e. The Balaban J connectivity index is 2.52. The van der Waals surface area contributed by atoms with Gasteiger partial charge >= 0.3 is 5.97 Å². The fourth-order valence-corrected chi connectivity index (χ4v) is 3.79. The summed E-state index contributed by atoms with van der Waals surface area (Å²) in [5.41, 5.74) is 2.12. The van der Waals surface area contributed by atoms with Crippen LogP contribution in [0.25, 0.3) is 0 Å². The first-order chi connectivity index (χ1) is 14.0. The van der Waals surface area contributed by atoms with Gasteiger partial charge in [-0.15, -0.1) is 13.2 Å². The molecule has 0 heterocycles. The van der Waals surface area contributed by atoms with Gasteiger partial charge in [0.15, 0.2) is 0 Å². The predicted octanol–water partition coefficient (Wildman–Crippen LogP) is 6.33. The number of para-hydroxylation sites is 1. The molecule has 0 aliphatic heterocycles. The molecule has 4 nitrogen and oxygen atoms in total. The van der Waals surface area contributed by atoms with Crippen molar-refractivity contribution in [3.63, 3.8) is 0 Å². The van der Waals surface area contributed by atoms with Gasteiger partial charge in [-0.05, 0) is 53.0 Å². The first-order valence-electron chi connectivity index (χ1n) is 9.73. The van der Waals surface area contributed by atoms with Crippen molar-refractivity contribution in [1.29, 1.82) is 0 Å². The van der Waals surface area contributed by atoms with Crippen LogP contribution < -0.4 is 14.4 Å². The van der Waals surface area contributed by atoms with Crippen molar-refractivity contribution in [1.82, 2.24) is 0 Å².